The first-order valence-electron chi connectivity index (χ1n) is 4.64. The van der Waals surface area contributed by atoms with Crippen molar-refractivity contribution >= 4 is 21.5 Å². The van der Waals surface area contributed by atoms with Crippen molar-refractivity contribution in [2.75, 3.05) is 0 Å². The molecule has 2 radical (unpaired) electrons. The van der Waals surface area contributed by atoms with Gasteiger partial charge in [0.05, 0.1) is 0 Å². The molecule has 0 heteroatoms. The molecular formula is C14H8. The zero-order chi connectivity index (χ0) is 9.38. The number of hydrogen-bond acceptors (Lipinski definition) is 0. The highest BCUT2D eigenvalue weighted by molar-refractivity contribution is 6.07. The molecular weight excluding hydrogens is 168 g/mol. The first kappa shape index (κ1) is 7.57. The van der Waals surface area contributed by atoms with Gasteiger partial charge >= 0.3 is 0 Å². The van der Waals surface area contributed by atoms with Gasteiger partial charge in [0, 0.05) is 0 Å². The molecule has 3 aromatic carbocycles. The molecule has 3 aromatic rings. The van der Waals surface area contributed by atoms with Crippen molar-refractivity contribution in [1.29, 1.82) is 0 Å². The third-order valence-electron chi connectivity index (χ3n) is 2.53. The summed E-state index contributed by atoms with van der Waals surface area (Å²) >= 11 is 0. The van der Waals surface area contributed by atoms with Crippen LogP contribution in [0.2, 0.25) is 0 Å². The van der Waals surface area contributed by atoms with Gasteiger partial charge in [-0.2, -0.15) is 0 Å². The van der Waals surface area contributed by atoms with E-state index in [2.05, 4.69) is 36.4 Å². The van der Waals surface area contributed by atoms with Crippen molar-refractivity contribution in [3.8, 4) is 0 Å². The first-order chi connectivity index (χ1) is 6.95. The van der Waals surface area contributed by atoms with Gasteiger partial charge in [0.1, 0.15) is 0 Å². The van der Waals surface area contributed by atoms with E-state index < -0.39 is 0 Å². The smallest absolute Gasteiger partial charge is 0.00992 e. The molecule has 3 rings (SSSR count). The molecule has 0 heterocycles. The molecule has 0 saturated heterocycles. The normalized spacial score (nSPS) is 10.9. The lowest BCUT2D eigenvalue weighted by Gasteiger charge is -2.01. The Bertz CT molecular complexity index is 539. The molecule has 0 aliphatic heterocycles. The zero-order valence-electron chi connectivity index (χ0n) is 7.62. The summed E-state index contributed by atoms with van der Waals surface area (Å²) < 4.78 is 0. The minimum atomic E-state index is 1.24. The van der Waals surface area contributed by atoms with Crippen molar-refractivity contribution in [2.45, 2.75) is 0 Å². The van der Waals surface area contributed by atoms with Gasteiger partial charge in [-0.1, -0.05) is 36.4 Å². The van der Waals surface area contributed by atoms with Gasteiger partial charge < -0.3 is 0 Å². The largest absolute Gasteiger partial charge is 0.0537 e. The van der Waals surface area contributed by atoms with E-state index in [0.29, 0.717) is 0 Å². The van der Waals surface area contributed by atoms with Crippen LogP contribution >= 0.6 is 0 Å². The van der Waals surface area contributed by atoms with Crippen LogP contribution < -0.4 is 0 Å². The Morgan fingerprint density at radius 1 is 0.643 bits per heavy atom. The van der Waals surface area contributed by atoms with Crippen molar-refractivity contribution in [3.05, 3.63) is 60.7 Å². The minimum absolute atomic E-state index is 1.24. The van der Waals surface area contributed by atoms with Crippen molar-refractivity contribution < 1.29 is 0 Å². The Kier molecular flexibility index (Phi) is 1.54. The van der Waals surface area contributed by atoms with Crippen molar-refractivity contribution in [1.82, 2.24) is 0 Å². The molecule has 0 bridgehead atoms. The second kappa shape index (κ2) is 2.85. The Morgan fingerprint density at radius 2 is 1.43 bits per heavy atom. The topological polar surface area (TPSA) is 0 Å². The van der Waals surface area contributed by atoms with E-state index in [1.54, 1.807) is 0 Å². The summed E-state index contributed by atoms with van der Waals surface area (Å²) in [5.74, 6) is 0. The molecule has 0 nitrogen and oxygen atoms in total. The van der Waals surface area contributed by atoms with Crippen LogP contribution in [-0.2, 0) is 0 Å². The zero-order valence-corrected chi connectivity index (χ0v) is 7.62. The summed E-state index contributed by atoms with van der Waals surface area (Å²) in [6, 6.07) is 22.6. The second-order valence-corrected chi connectivity index (χ2v) is 3.36. The maximum Gasteiger partial charge on any atom is -0.00992 e. The lowest BCUT2D eigenvalue weighted by Crippen LogP contribution is -1.76. The van der Waals surface area contributed by atoms with E-state index in [4.69, 9.17) is 0 Å². The average molecular weight is 176 g/mol. The Labute approximate surface area is 82.8 Å². The van der Waals surface area contributed by atoms with Gasteiger partial charge in [-0.05, 0) is 45.8 Å². The Hall–Kier alpha value is -1.82. The van der Waals surface area contributed by atoms with Crippen LogP contribution in [0.25, 0.3) is 21.5 Å². The van der Waals surface area contributed by atoms with Crippen LogP contribution in [0.5, 0.6) is 0 Å². The van der Waals surface area contributed by atoms with E-state index in [1.807, 2.05) is 24.3 Å². The van der Waals surface area contributed by atoms with Crippen LogP contribution in [0, 0.1) is 12.1 Å². The highest BCUT2D eigenvalue weighted by atomic mass is 14.0. The van der Waals surface area contributed by atoms with Crippen molar-refractivity contribution in [2.24, 2.45) is 0 Å². The first-order valence-corrected chi connectivity index (χ1v) is 4.64. The molecule has 14 heavy (non-hydrogen) atoms. The van der Waals surface area contributed by atoms with Gasteiger partial charge in [-0.15, -0.1) is 0 Å². The molecule has 0 atom stereocenters. The van der Waals surface area contributed by atoms with Crippen LogP contribution in [0.3, 0.4) is 0 Å². The van der Waals surface area contributed by atoms with Crippen LogP contribution in [-0.4, -0.2) is 0 Å². The monoisotopic (exact) mass is 176 g/mol. The molecule has 0 fully saturated rings. The number of fused-ring (bicyclic) bond motifs is 3. The maximum atomic E-state index is 3.12. The molecule has 0 saturated carbocycles. The summed E-state index contributed by atoms with van der Waals surface area (Å²) in [4.78, 5) is 0. The van der Waals surface area contributed by atoms with Crippen LogP contribution in [0.15, 0.2) is 48.5 Å². The van der Waals surface area contributed by atoms with Crippen LogP contribution in [0.4, 0.5) is 0 Å². The SMILES string of the molecule is [c]1ccc2c(c1)ccc1cc[c]cc12. The molecule has 0 aromatic heterocycles. The third-order valence-corrected chi connectivity index (χ3v) is 2.53. The quantitative estimate of drug-likeness (QED) is 0.459. The van der Waals surface area contributed by atoms with Gasteiger partial charge in [0.25, 0.3) is 0 Å². The second-order valence-electron chi connectivity index (χ2n) is 3.36. The number of benzene rings is 3. The van der Waals surface area contributed by atoms with Crippen LogP contribution in [0.1, 0.15) is 0 Å². The maximum absolute atomic E-state index is 3.12. The standard InChI is InChI=1S/C14H8/c1-3-7-13-11(5-1)9-10-12-6-2-4-8-14(12)13/h1,4-10H. The van der Waals surface area contributed by atoms with Gasteiger partial charge in [-0.25, -0.2) is 0 Å². The Morgan fingerprint density at radius 3 is 2.43 bits per heavy atom. The van der Waals surface area contributed by atoms with E-state index in [1.165, 1.54) is 21.5 Å². The number of hydrogen-bond donors (Lipinski definition) is 0. The van der Waals surface area contributed by atoms with E-state index in [0.717, 1.165) is 0 Å². The Balaban J connectivity index is 2.61. The van der Waals surface area contributed by atoms with E-state index in [9.17, 15) is 0 Å². The predicted molar refractivity (Wildman–Crippen MR) is 59.1 cm³/mol. The fraction of sp³-hybridized carbons (Fsp3) is 0. The van der Waals surface area contributed by atoms with Gasteiger partial charge in [0.15, 0.2) is 0 Å². The summed E-state index contributed by atoms with van der Waals surface area (Å²) in [5, 5.41) is 5.04. The van der Waals surface area contributed by atoms with Gasteiger partial charge in [0.2, 0.25) is 0 Å². The molecule has 0 aliphatic carbocycles. The summed E-state index contributed by atoms with van der Waals surface area (Å²) in [6.07, 6.45) is 0. The molecule has 64 valence electrons. The molecule has 0 aliphatic rings. The van der Waals surface area contributed by atoms with E-state index >= 15 is 0 Å². The third kappa shape index (κ3) is 1.01. The average Bonchev–Trinajstić information content (AvgIpc) is 2.29. The fourth-order valence-corrected chi connectivity index (χ4v) is 1.83. The highest BCUT2D eigenvalue weighted by Crippen LogP contribution is 2.24. The lowest BCUT2D eigenvalue weighted by atomic mass is 10.0. The lowest BCUT2D eigenvalue weighted by molar-refractivity contribution is 1.75. The highest BCUT2D eigenvalue weighted by Gasteiger charge is 1.97. The molecule has 0 N–H and O–H groups in total. The fourth-order valence-electron chi connectivity index (χ4n) is 1.83. The summed E-state index contributed by atoms with van der Waals surface area (Å²) in [6.45, 7) is 0. The van der Waals surface area contributed by atoms with E-state index in [-0.39, 0.29) is 0 Å². The molecule has 0 amide bonds. The minimum Gasteiger partial charge on any atom is -0.0537 e. The molecule has 0 unspecified atom stereocenters. The summed E-state index contributed by atoms with van der Waals surface area (Å²) in [7, 11) is 0. The van der Waals surface area contributed by atoms with Crippen molar-refractivity contribution in [3.63, 3.8) is 0 Å². The predicted octanol–water partition coefficient (Wildman–Crippen LogP) is 3.59. The molecule has 0 spiro atoms. The summed E-state index contributed by atoms with van der Waals surface area (Å²) in [5.41, 5.74) is 0. The number of rotatable bonds is 0. The van der Waals surface area contributed by atoms with Gasteiger partial charge in [-0.3, -0.25) is 0 Å².